The van der Waals surface area contributed by atoms with Crippen LogP contribution in [0.2, 0.25) is 0 Å². The van der Waals surface area contributed by atoms with Crippen molar-refractivity contribution >= 4 is 16.5 Å². The Kier molecular flexibility index (Phi) is 2.98. The molecule has 1 aliphatic carbocycles. The maximum absolute atomic E-state index is 9.61. The third kappa shape index (κ3) is 2.22. The van der Waals surface area contributed by atoms with Gasteiger partial charge in [0, 0.05) is 6.42 Å². The predicted octanol–water partition coefficient (Wildman–Crippen LogP) is 1.21. The van der Waals surface area contributed by atoms with Crippen LogP contribution in [0.15, 0.2) is 0 Å². The number of nitrogen functional groups attached to an aromatic ring is 1. The molecule has 0 amide bonds. The summed E-state index contributed by atoms with van der Waals surface area (Å²) in [5.41, 5.74) is 5.49. The van der Waals surface area contributed by atoms with Gasteiger partial charge in [0.25, 0.3) is 0 Å². The summed E-state index contributed by atoms with van der Waals surface area (Å²) in [7, 11) is 0. The first kappa shape index (κ1) is 9.86. The number of nitrogens with zero attached hydrogens (tertiary/aromatic N) is 2. The van der Waals surface area contributed by atoms with Gasteiger partial charge in [-0.3, -0.25) is 0 Å². The summed E-state index contributed by atoms with van der Waals surface area (Å²) in [6, 6.07) is 0. The van der Waals surface area contributed by atoms with Crippen molar-refractivity contribution in [1.82, 2.24) is 10.2 Å². The molecule has 1 aromatic rings. The van der Waals surface area contributed by atoms with Crippen molar-refractivity contribution in [2.75, 3.05) is 5.73 Å². The molecule has 1 aromatic heterocycles. The van der Waals surface area contributed by atoms with Crippen LogP contribution in [0.1, 0.15) is 30.7 Å². The van der Waals surface area contributed by atoms with E-state index in [1.807, 2.05) is 0 Å². The Labute approximate surface area is 87.2 Å². The molecule has 0 saturated heterocycles. The molecule has 0 aromatic carbocycles. The SMILES string of the molecule is Nc1nnc(CCC2CCCC2O)s1. The summed E-state index contributed by atoms with van der Waals surface area (Å²) < 4.78 is 0. The largest absolute Gasteiger partial charge is 0.393 e. The molecule has 2 rings (SSSR count). The van der Waals surface area contributed by atoms with Gasteiger partial charge >= 0.3 is 0 Å². The fourth-order valence-electron chi connectivity index (χ4n) is 2.03. The molecular formula is C9H15N3OS. The molecule has 2 atom stereocenters. The average Bonchev–Trinajstić information content (AvgIpc) is 2.72. The molecule has 0 spiro atoms. The Bertz CT molecular complexity index is 302. The van der Waals surface area contributed by atoms with E-state index < -0.39 is 0 Å². The summed E-state index contributed by atoms with van der Waals surface area (Å²) in [5, 5.41) is 18.9. The van der Waals surface area contributed by atoms with Crippen LogP contribution in [0.3, 0.4) is 0 Å². The quantitative estimate of drug-likeness (QED) is 0.791. The predicted molar refractivity (Wildman–Crippen MR) is 56.0 cm³/mol. The van der Waals surface area contributed by atoms with E-state index in [1.54, 1.807) is 0 Å². The smallest absolute Gasteiger partial charge is 0.203 e. The maximum Gasteiger partial charge on any atom is 0.203 e. The number of anilines is 1. The zero-order valence-corrected chi connectivity index (χ0v) is 8.83. The number of aromatic nitrogens is 2. The molecule has 4 nitrogen and oxygen atoms in total. The van der Waals surface area contributed by atoms with Gasteiger partial charge < -0.3 is 10.8 Å². The Balaban J connectivity index is 1.82. The van der Waals surface area contributed by atoms with E-state index in [2.05, 4.69) is 10.2 Å². The minimum atomic E-state index is -0.0970. The van der Waals surface area contributed by atoms with Crippen LogP contribution in [-0.4, -0.2) is 21.4 Å². The average molecular weight is 213 g/mol. The van der Waals surface area contributed by atoms with Gasteiger partial charge in [0.15, 0.2) is 0 Å². The van der Waals surface area contributed by atoms with E-state index in [1.165, 1.54) is 11.3 Å². The Hall–Kier alpha value is -0.680. The highest BCUT2D eigenvalue weighted by Crippen LogP contribution is 2.29. The monoisotopic (exact) mass is 213 g/mol. The number of nitrogens with two attached hydrogens (primary N) is 1. The van der Waals surface area contributed by atoms with Crippen LogP contribution in [0, 0.1) is 5.92 Å². The van der Waals surface area contributed by atoms with Gasteiger partial charge in [0.05, 0.1) is 6.10 Å². The molecule has 14 heavy (non-hydrogen) atoms. The standard InChI is InChI=1S/C9H15N3OS/c10-9-12-11-8(14-9)5-4-6-2-1-3-7(6)13/h6-7,13H,1-5H2,(H2,10,12). The third-order valence-electron chi connectivity index (χ3n) is 2.83. The van der Waals surface area contributed by atoms with Gasteiger partial charge in [-0.15, -0.1) is 10.2 Å². The Morgan fingerprint density at radius 2 is 2.29 bits per heavy atom. The first-order valence-electron chi connectivity index (χ1n) is 5.01. The zero-order chi connectivity index (χ0) is 9.97. The highest BCUT2D eigenvalue weighted by molar-refractivity contribution is 7.15. The van der Waals surface area contributed by atoms with Crippen LogP contribution in [-0.2, 0) is 6.42 Å². The van der Waals surface area contributed by atoms with Crippen molar-refractivity contribution in [2.45, 2.75) is 38.2 Å². The summed E-state index contributed by atoms with van der Waals surface area (Å²) in [6.45, 7) is 0. The van der Waals surface area contributed by atoms with E-state index >= 15 is 0 Å². The van der Waals surface area contributed by atoms with Crippen molar-refractivity contribution in [3.05, 3.63) is 5.01 Å². The number of hydrogen-bond acceptors (Lipinski definition) is 5. The number of rotatable bonds is 3. The normalized spacial score (nSPS) is 26.9. The lowest BCUT2D eigenvalue weighted by Crippen LogP contribution is -2.13. The summed E-state index contributed by atoms with van der Waals surface area (Å²) >= 11 is 1.45. The van der Waals surface area contributed by atoms with E-state index in [4.69, 9.17) is 5.73 Å². The van der Waals surface area contributed by atoms with Gasteiger partial charge in [0.1, 0.15) is 5.01 Å². The fraction of sp³-hybridized carbons (Fsp3) is 0.778. The fourth-order valence-corrected chi connectivity index (χ4v) is 2.66. The van der Waals surface area contributed by atoms with Crippen molar-refractivity contribution in [3.8, 4) is 0 Å². The Morgan fingerprint density at radius 1 is 1.43 bits per heavy atom. The minimum Gasteiger partial charge on any atom is -0.393 e. The number of aryl methyl sites for hydroxylation is 1. The van der Waals surface area contributed by atoms with Crippen molar-refractivity contribution < 1.29 is 5.11 Å². The highest BCUT2D eigenvalue weighted by Gasteiger charge is 2.24. The van der Waals surface area contributed by atoms with E-state index in [-0.39, 0.29) is 6.10 Å². The second-order valence-corrected chi connectivity index (χ2v) is 4.92. The maximum atomic E-state index is 9.61. The second-order valence-electron chi connectivity index (χ2n) is 3.83. The van der Waals surface area contributed by atoms with Crippen molar-refractivity contribution in [1.29, 1.82) is 0 Å². The molecule has 0 bridgehead atoms. The topological polar surface area (TPSA) is 72.0 Å². The summed E-state index contributed by atoms with van der Waals surface area (Å²) in [6.07, 6.45) is 5.08. The molecule has 1 heterocycles. The van der Waals surface area contributed by atoms with E-state index in [0.29, 0.717) is 11.0 Å². The first-order valence-corrected chi connectivity index (χ1v) is 5.83. The summed E-state index contributed by atoms with van der Waals surface area (Å²) in [4.78, 5) is 0. The molecule has 0 aliphatic heterocycles. The summed E-state index contributed by atoms with van der Waals surface area (Å²) in [5.74, 6) is 0.458. The molecule has 2 unspecified atom stereocenters. The Morgan fingerprint density at radius 3 is 2.86 bits per heavy atom. The number of hydrogen-bond donors (Lipinski definition) is 2. The molecule has 1 aliphatic rings. The van der Waals surface area contributed by atoms with Crippen LogP contribution in [0.4, 0.5) is 5.13 Å². The number of aliphatic hydroxyl groups excluding tert-OH is 1. The van der Waals surface area contributed by atoms with Gasteiger partial charge in [-0.2, -0.15) is 0 Å². The lowest BCUT2D eigenvalue weighted by atomic mass is 10.00. The van der Waals surface area contributed by atoms with Crippen LogP contribution >= 0.6 is 11.3 Å². The molecule has 3 N–H and O–H groups in total. The van der Waals surface area contributed by atoms with Crippen molar-refractivity contribution in [3.63, 3.8) is 0 Å². The first-order chi connectivity index (χ1) is 6.75. The van der Waals surface area contributed by atoms with Gasteiger partial charge in [-0.25, -0.2) is 0 Å². The molecule has 78 valence electrons. The molecular weight excluding hydrogens is 198 g/mol. The van der Waals surface area contributed by atoms with Gasteiger partial charge in [-0.1, -0.05) is 17.8 Å². The second kappa shape index (κ2) is 4.23. The van der Waals surface area contributed by atoms with Gasteiger partial charge in [-0.05, 0) is 25.2 Å². The highest BCUT2D eigenvalue weighted by atomic mass is 32.1. The van der Waals surface area contributed by atoms with Crippen LogP contribution < -0.4 is 5.73 Å². The molecule has 5 heteroatoms. The molecule has 1 fully saturated rings. The van der Waals surface area contributed by atoms with E-state index in [9.17, 15) is 5.11 Å². The molecule has 0 radical (unpaired) electrons. The third-order valence-corrected chi connectivity index (χ3v) is 3.64. The minimum absolute atomic E-state index is 0.0970. The molecule has 1 saturated carbocycles. The lowest BCUT2D eigenvalue weighted by molar-refractivity contribution is 0.128. The van der Waals surface area contributed by atoms with Gasteiger partial charge in [0.2, 0.25) is 5.13 Å². The van der Waals surface area contributed by atoms with Crippen LogP contribution in [0.5, 0.6) is 0 Å². The number of aliphatic hydroxyl groups is 1. The van der Waals surface area contributed by atoms with E-state index in [0.717, 1.165) is 37.1 Å². The van der Waals surface area contributed by atoms with Crippen LogP contribution in [0.25, 0.3) is 0 Å². The zero-order valence-electron chi connectivity index (χ0n) is 8.02. The van der Waals surface area contributed by atoms with Crippen molar-refractivity contribution in [2.24, 2.45) is 5.92 Å². The lowest BCUT2D eigenvalue weighted by Gasteiger charge is -2.12.